The van der Waals surface area contributed by atoms with Crippen molar-refractivity contribution in [2.45, 2.75) is 18.9 Å². The van der Waals surface area contributed by atoms with Crippen molar-refractivity contribution in [3.63, 3.8) is 0 Å². The van der Waals surface area contributed by atoms with Gasteiger partial charge in [-0.05, 0) is 43.2 Å². The van der Waals surface area contributed by atoms with E-state index in [0.717, 1.165) is 18.9 Å². The molecule has 0 unspecified atom stereocenters. The first kappa shape index (κ1) is 23.6. The second-order valence-corrected chi connectivity index (χ2v) is 9.04. The van der Waals surface area contributed by atoms with Crippen LogP contribution in [0.4, 0.5) is 14.9 Å². The standard InChI is InChI=1S/C25H24FN3O7/c26-17-10-16-18(29(15-2-3-15)13-23(24(16)33)36-25(34)35)11-19(17)28-7-5-27(6-8-28)12-22(32)14-1-4-20(30)21(31)9-14/h1,4,9-11,13,15,30-31H,2-3,5-8,12H2,(H,34,35). The molecule has 3 aromatic rings. The average Bonchev–Trinajstić information content (AvgIpc) is 3.68. The van der Waals surface area contributed by atoms with E-state index >= 15 is 4.39 Å². The van der Waals surface area contributed by atoms with Crippen molar-refractivity contribution in [3.05, 3.63) is 58.1 Å². The minimum atomic E-state index is -1.61. The Hall–Kier alpha value is -4.12. The summed E-state index contributed by atoms with van der Waals surface area (Å²) in [6.07, 6.45) is 1.50. The van der Waals surface area contributed by atoms with Gasteiger partial charge in [0.1, 0.15) is 5.82 Å². The summed E-state index contributed by atoms with van der Waals surface area (Å²) in [6.45, 7) is 2.00. The summed E-state index contributed by atoms with van der Waals surface area (Å²) >= 11 is 0. The number of benzene rings is 2. The maximum atomic E-state index is 15.2. The molecule has 188 valence electrons. The molecule has 3 N–H and O–H groups in total. The van der Waals surface area contributed by atoms with E-state index in [-0.39, 0.29) is 46.6 Å². The first-order valence-electron chi connectivity index (χ1n) is 11.5. The third kappa shape index (κ3) is 4.57. The lowest BCUT2D eigenvalue weighted by molar-refractivity contribution is 0.0925. The fourth-order valence-corrected chi connectivity index (χ4v) is 4.54. The number of carbonyl (C=O) groups excluding carboxylic acids is 1. The number of hydrogen-bond acceptors (Lipinski definition) is 8. The van der Waals surface area contributed by atoms with E-state index in [4.69, 9.17) is 5.11 Å². The molecule has 0 amide bonds. The first-order valence-corrected chi connectivity index (χ1v) is 11.5. The smallest absolute Gasteiger partial charge is 0.504 e. The summed E-state index contributed by atoms with van der Waals surface area (Å²) < 4.78 is 21.6. The molecule has 2 fully saturated rings. The molecule has 1 saturated heterocycles. The third-order valence-electron chi connectivity index (χ3n) is 6.58. The molecular weight excluding hydrogens is 473 g/mol. The number of ketones is 1. The van der Waals surface area contributed by atoms with Gasteiger partial charge in [-0.15, -0.1) is 0 Å². The van der Waals surface area contributed by atoms with Gasteiger partial charge < -0.3 is 29.5 Å². The number of halogens is 1. The Labute approximate surface area is 204 Å². The van der Waals surface area contributed by atoms with Gasteiger partial charge in [0.25, 0.3) is 0 Å². The van der Waals surface area contributed by atoms with Gasteiger partial charge in [-0.1, -0.05) is 0 Å². The van der Waals surface area contributed by atoms with Crippen LogP contribution in [0.5, 0.6) is 17.2 Å². The number of carbonyl (C=O) groups is 2. The van der Waals surface area contributed by atoms with E-state index < -0.39 is 17.4 Å². The highest BCUT2D eigenvalue weighted by Crippen LogP contribution is 2.39. The van der Waals surface area contributed by atoms with Crippen molar-refractivity contribution in [3.8, 4) is 17.2 Å². The van der Waals surface area contributed by atoms with E-state index in [9.17, 15) is 24.6 Å². The van der Waals surface area contributed by atoms with Crippen LogP contribution in [0.15, 0.2) is 41.3 Å². The molecule has 10 nitrogen and oxygen atoms in total. The molecule has 36 heavy (non-hydrogen) atoms. The van der Waals surface area contributed by atoms with E-state index in [0.29, 0.717) is 37.4 Å². The molecule has 0 spiro atoms. The van der Waals surface area contributed by atoms with Gasteiger partial charge in [0, 0.05) is 37.8 Å². The minimum Gasteiger partial charge on any atom is -0.504 e. The van der Waals surface area contributed by atoms with Crippen LogP contribution in [0.3, 0.4) is 0 Å². The molecule has 2 aliphatic rings. The Morgan fingerprint density at radius 1 is 1.03 bits per heavy atom. The molecule has 2 heterocycles. The highest BCUT2D eigenvalue weighted by Gasteiger charge is 2.28. The minimum absolute atomic E-state index is 0.0586. The number of phenolic OH excluding ortho intramolecular Hbond substituents is 2. The van der Waals surface area contributed by atoms with Crippen LogP contribution in [0.1, 0.15) is 29.2 Å². The lowest BCUT2D eigenvalue weighted by atomic mass is 10.1. The third-order valence-corrected chi connectivity index (χ3v) is 6.58. The average molecular weight is 497 g/mol. The number of rotatable bonds is 6. The molecule has 0 atom stereocenters. The number of nitrogens with zero attached hydrogens (tertiary/aromatic N) is 3. The zero-order chi connectivity index (χ0) is 25.6. The van der Waals surface area contributed by atoms with Crippen molar-refractivity contribution < 1.29 is 34.0 Å². The monoisotopic (exact) mass is 497 g/mol. The molecule has 2 aromatic carbocycles. The number of Topliss-reactive ketones (excluding diaryl/α,β-unsaturated/α-hetero) is 1. The van der Waals surface area contributed by atoms with Crippen molar-refractivity contribution in [2.75, 3.05) is 37.6 Å². The summed E-state index contributed by atoms with van der Waals surface area (Å²) in [7, 11) is 0. The largest absolute Gasteiger partial charge is 0.511 e. The van der Waals surface area contributed by atoms with Crippen LogP contribution in [0, 0.1) is 5.82 Å². The van der Waals surface area contributed by atoms with Crippen molar-refractivity contribution in [1.82, 2.24) is 9.47 Å². The van der Waals surface area contributed by atoms with Crippen LogP contribution in [-0.4, -0.2) is 69.4 Å². The maximum absolute atomic E-state index is 15.2. The molecule has 1 saturated carbocycles. The van der Waals surface area contributed by atoms with Crippen molar-refractivity contribution in [1.29, 1.82) is 0 Å². The number of ether oxygens (including phenoxy) is 1. The quantitative estimate of drug-likeness (QED) is 0.267. The number of fused-ring (bicyclic) bond motifs is 1. The van der Waals surface area contributed by atoms with Crippen molar-refractivity contribution in [2.24, 2.45) is 0 Å². The highest BCUT2D eigenvalue weighted by molar-refractivity contribution is 5.98. The van der Waals surface area contributed by atoms with E-state index in [1.165, 1.54) is 24.4 Å². The fraction of sp³-hybridized carbons (Fsp3) is 0.320. The van der Waals surface area contributed by atoms with E-state index in [2.05, 4.69) is 4.74 Å². The maximum Gasteiger partial charge on any atom is 0.511 e. The van der Waals surface area contributed by atoms with E-state index in [1.54, 1.807) is 10.6 Å². The SMILES string of the molecule is O=C(O)Oc1cn(C2CC2)c2cc(N3CCN(CC(=O)c4ccc(O)c(O)c4)CC3)c(F)cc2c1=O. The molecule has 5 rings (SSSR count). The number of phenols is 2. The lowest BCUT2D eigenvalue weighted by Gasteiger charge is -2.36. The van der Waals surface area contributed by atoms with Gasteiger partial charge in [0.2, 0.25) is 5.43 Å². The van der Waals surface area contributed by atoms with Gasteiger partial charge in [-0.25, -0.2) is 9.18 Å². The Balaban J connectivity index is 1.35. The van der Waals surface area contributed by atoms with Gasteiger partial charge in [-0.2, -0.15) is 0 Å². The predicted molar refractivity (Wildman–Crippen MR) is 128 cm³/mol. The van der Waals surface area contributed by atoms with Gasteiger partial charge >= 0.3 is 6.16 Å². The molecule has 0 radical (unpaired) electrons. The fourth-order valence-electron chi connectivity index (χ4n) is 4.54. The Morgan fingerprint density at radius 2 is 1.75 bits per heavy atom. The predicted octanol–water partition coefficient (Wildman–Crippen LogP) is 2.95. The Bertz CT molecular complexity index is 1430. The number of aromatic hydroxyl groups is 2. The van der Waals surface area contributed by atoms with Crippen LogP contribution in [0.2, 0.25) is 0 Å². The molecule has 0 bridgehead atoms. The highest BCUT2D eigenvalue weighted by atomic mass is 19.1. The number of carboxylic acid groups (broad SMARTS) is 1. The van der Waals surface area contributed by atoms with Gasteiger partial charge in [0.05, 0.1) is 29.3 Å². The Kier molecular flexibility index (Phi) is 6.00. The normalized spacial score (nSPS) is 16.3. The summed E-state index contributed by atoms with van der Waals surface area (Å²) in [4.78, 5) is 40.1. The van der Waals surface area contributed by atoms with Crippen LogP contribution in [-0.2, 0) is 0 Å². The summed E-state index contributed by atoms with van der Waals surface area (Å²) in [5.41, 5.74) is 0.454. The molecule has 11 heteroatoms. The summed E-state index contributed by atoms with van der Waals surface area (Å²) in [6, 6.07) is 6.78. The number of aromatic nitrogens is 1. The second kappa shape index (κ2) is 9.15. The summed E-state index contributed by atoms with van der Waals surface area (Å²) in [5, 5.41) is 28.1. The number of hydrogen-bond donors (Lipinski definition) is 3. The molecule has 1 aromatic heterocycles. The molecule has 1 aliphatic carbocycles. The van der Waals surface area contributed by atoms with E-state index in [1.807, 2.05) is 9.80 Å². The van der Waals surface area contributed by atoms with Crippen LogP contribution >= 0.6 is 0 Å². The molecule has 1 aliphatic heterocycles. The number of pyridine rings is 1. The van der Waals surface area contributed by atoms with Crippen LogP contribution < -0.4 is 15.1 Å². The Morgan fingerprint density at radius 3 is 2.39 bits per heavy atom. The van der Waals surface area contributed by atoms with Gasteiger partial charge in [0.15, 0.2) is 23.0 Å². The van der Waals surface area contributed by atoms with Crippen LogP contribution in [0.25, 0.3) is 10.9 Å². The lowest BCUT2D eigenvalue weighted by Crippen LogP contribution is -2.48. The zero-order valence-corrected chi connectivity index (χ0v) is 19.2. The summed E-state index contributed by atoms with van der Waals surface area (Å²) in [5.74, 6) is -1.81. The second-order valence-electron chi connectivity index (χ2n) is 9.04. The topological polar surface area (TPSA) is 133 Å². The van der Waals surface area contributed by atoms with Crippen molar-refractivity contribution >= 4 is 28.5 Å². The number of piperazine rings is 1. The number of anilines is 1. The first-order chi connectivity index (χ1) is 17.2. The molecular formula is C25H24FN3O7. The van der Waals surface area contributed by atoms with Gasteiger partial charge in [-0.3, -0.25) is 14.5 Å². The zero-order valence-electron chi connectivity index (χ0n) is 19.2.